The van der Waals surface area contributed by atoms with Crippen molar-refractivity contribution in [3.05, 3.63) is 83.9 Å². The third kappa shape index (κ3) is 4.12. The van der Waals surface area contributed by atoms with E-state index in [-0.39, 0.29) is 5.91 Å². The Morgan fingerprint density at radius 1 is 0.848 bits per heavy atom. The Morgan fingerprint density at radius 2 is 1.55 bits per heavy atom. The number of nitrogens with zero attached hydrogens (tertiary/aromatic N) is 4. The summed E-state index contributed by atoms with van der Waals surface area (Å²) in [7, 11) is 1.67. The normalized spacial score (nSPS) is 13.9. The number of hydrogen-bond acceptors (Lipinski definition) is 5. The molecule has 1 aliphatic heterocycles. The van der Waals surface area contributed by atoms with Crippen LogP contribution in [0, 0.1) is 6.92 Å². The average molecular weight is 439 g/mol. The van der Waals surface area contributed by atoms with Gasteiger partial charge in [-0.2, -0.15) is 0 Å². The second kappa shape index (κ2) is 8.90. The highest BCUT2D eigenvalue weighted by molar-refractivity contribution is 6.10. The van der Waals surface area contributed by atoms with E-state index < -0.39 is 0 Å². The molecule has 0 spiro atoms. The summed E-state index contributed by atoms with van der Waals surface area (Å²) in [6, 6.07) is 23.9. The van der Waals surface area contributed by atoms with Crippen molar-refractivity contribution in [3.63, 3.8) is 0 Å². The monoisotopic (exact) mass is 438 g/mol. The molecule has 1 saturated heterocycles. The van der Waals surface area contributed by atoms with Crippen LogP contribution in [-0.4, -0.2) is 54.3 Å². The molecule has 0 N–H and O–H groups in total. The standard InChI is InChI=1S/C27H26N4O2/c1-19-7-9-20(10-8-19)26-25(23-5-3-4-6-24(23)28-29-26)27(32)31-17-15-30(16-18-31)21-11-13-22(33-2)14-12-21/h3-14H,15-18H2,1-2H3. The van der Waals surface area contributed by atoms with E-state index in [1.807, 2.05) is 72.5 Å². The molecule has 2 heterocycles. The molecule has 0 unspecified atom stereocenters. The van der Waals surface area contributed by atoms with Gasteiger partial charge in [0.25, 0.3) is 5.91 Å². The van der Waals surface area contributed by atoms with Gasteiger partial charge >= 0.3 is 0 Å². The topological polar surface area (TPSA) is 58.6 Å². The highest BCUT2D eigenvalue weighted by Gasteiger charge is 2.27. The van der Waals surface area contributed by atoms with Crippen LogP contribution in [0.15, 0.2) is 72.8 Å². The van der Waals surface area contributed by atoms with Crippen molar-refractivity contribution in [2.75, 3.05) is 38.2 Å². The summed E-state index contributed by atoms with van der Waals surface area (Å²) in [6.45, 7) is 4.89. The van der Waals surface area contributed by atoms with Gasteiger partial charge in [0.05, 0.1) is 18.2 Å². The van der Waals surface area contributed by atoms with E-state index in [0.717, 1.165) is 46.6 Å². The fourth-order valence-corrected chi connectivity index (χ4v) is 4.30. The van der Waals surface area contributed by atoms with Crippen molar-refractivity contribution in [3.8, 4) is 17.0 Å². The molecule has 33 heavy (non-hydrogen) atoms. The highest BCUT2D eigenvalue weighted by Crippen LogP contribution is 2.29. The molecule has 6 nitrogen and oxygen atoms in total. The van der Waals surface area contributed by atoms with E-state index in [0.29, 0.717) is 24.3 Å². The Hall–Kier alpha value is -3.93. The largest absolute Gasteiger partial charge is 0.497 e. The minimum Gasteiger partial charge on any atom is -0.497 e. The number of aromatic nitrogens is 2. The molecule has 6 heteroatoms. The number of piperazine rings is 1. The lowest BCUT2D eigenvalue weighted by atomic mass is 9.99. The molecular weight excluding hydrogens is 412 g/mol. The van der Waals surface area contributed by atoms with Gasteiger partial charge in [-0.25, -0.2) is 0 Å². The maximum absolute atomic E-state index is 13.8. The van der Waals surface area contributed by atoms with E-state index in [1.165, 1.54) is 0 Å². The molecule has 4 aromatic rings. The highest BCUT2D eigenvalue weighted by atomic mass is 16.5. The third-order valence-corrected chi connectivity index (χ3v) is 6.21. The summed E-state index contributed by atoms with van der Waals surface area (Å²) < 4.78 is 5.26. The minimum absolute atomic E-state index is 0.00561. The Kier molecular flexibility index (Phi) is 5.65. The van der Waals surface area contributed by atoms with Crippen LogP contribution in [0.2, 0.25) is 0 Å². The van der Waals surface area contributed by atoms with E-state index in [1.54, 1.807) is 7.11 Å². The zero-order valence-corrected chi connectivity index (χ0v) is 18.9. The van der Waals surface area contributed by atoms with E-state index in [9.17, 15) is 4.79 Å². The van der Waals surface area contributed by atoms with Gasteiger partial charge in [0.1, 0.15) is 11.4 Å². The van der Waals surface area contributed by atoms with Crippen molar-refractivity contribution in [1.29, 1.82) is 0 Å². The number of amides is 1. The van der Waals surface area contributed by atoms with Crippen molar-refractivity contribution in [2.24, 2.45) is 0 Å². The van der Waals surface area contributed by atoms with Gasteiger partial charge in [0.2, 0.25) is 0 Å². The number of hydrogen-bond donors (Lipinski definition) is 0. The molecule has 0 atom stereocenters. The fraction of sp³-hybridized carbons (Fsp3) is 0.222. The van der Waals surface area contributed by atoms with Gasteiger partial charge in [-0.15, -0.1) is 10.2 Å². The number of methoxy groups -OCH3 is 1. The van der Waals surface area contributed by atoms with Crippen LogP contribution in [0.25, 0.3) is 22.2 Å². The van der Waals surface area contributed by atoms with E-state index in [4.69, 9.17) is 4.74 Å². The van der Waals surface area contributed by atoms with Gasteiger partial charge < -0.3 is 14.5 Å². The summed E-state index contributed by atoms with van der Waals surface area (Å²) >= 11 is 0. The van der Waals surface area contributed by atoms with Crippen LogP contribution in [0.3, 0.4) is 0 Å². The Labute approximate surface area is 193 Å². The number of aryl methyl sites for hydroxylation is 1. The number of rotatable bonds is 4. The molecule has 1 fully saturated rings. The van der Waals surface area contributed by atoms with Crippen LogP contribution in [0.5, 0.6) is 5.75 Å². The molecule has 1 aliphatic rings. The van der Waals surface area contributed by atoms with Gasteiger partial charge in [-0.05, 0) is 37.3 Å². The lowest BCUT2D eigenvalue weighted by molar-refractivity contribution is 0.0749. The summed E-state index contributed by atoms with van der Waals surface area (Å²) in [5.74, 6) is 0.847. The predicted octanol–water partition coefficient (Wildman–Crippen LogP) is 4.58. The molecule has 3 aromatic carbocycles. The van der Waals surface area contributed by atoms with Crippen molar-refractivity contribution < 1.29 is 9.53 Å². The fourth-order valence-electron chi connectivity index (χ4n) is 4.30. The lowest BCUT2D eigenvalue weighted by Gasteiger charge is -2.36. The van der Waals surface area contributed by atoms with Gasteiger partial charge in [0.15, 0.2) is 0 Å². The van der Waals surface area contributed by atoms with E-state index >= 15 is 0 Å². The molecule has 1 amide bonds. The Morgan fingerprint density at radius 3 is 2.24 bits per heavy atom. The minimum atomic E-state index is 0.00561. The third-order valence-electron chi connectivity index (χ3n) is 6.21. The van der Waals surface area contributed by atoms with Crippen LogP contribution in [0.1, 0.15) is 15.9 Å². The van der Waals surface area contributed by atoms with Crippen LogP contribution >= 0.6 is 0 Å². The second-order valence-corrected chi connectivity index (χ2v) is 8.28. The number of anilines is 1. The number of carbonyl (C=O) groups excluding carboxylic acids is 1. The first-order valence-corrected chi connectivity index (χ1v) is 11.1. The first kappa shape index (κ1) is 20.9. The molecule has 5 rings (SSSR count). The number of carbonyl (C=O) groups is 1. The quantitative estimate of drug-likeness (QED) is 0.467. The molecule has 1 aromatic heterocycles. The second-order valence-electron chi connectivity index (χ2n) is 8.28. The maximum Gasteiger partial charge on any atom is 0.256 e. The summed E-state index contributed by atoms with van der Waals surface area (Å²) in [4.78, 5) is 18.1. The zero-order chi connectivity index (χ0) is 22.8. The first-order chi connectivity index (χ1) is 16.1. The smallest absolute Gasteiger partial charge is 0.256 e. The van der Waals surface area contributed by atoms with Crippen LogP contribution in [-0.2, 0) is 0 Å². The summed E-state index contributed by atoms with van der Waals surface area (Å²) in [6.07, 6.45) is 0. The molecular formula is C27H26N4O2. The van der Waals surface area contributed by atoms with Crippen molar-refractivity contribution in [1.82, 2.24) is 15.1 Å². The lowest BCUT2D eigenvalue weighted by Crippen LogP contribution is -2.49. The SMILES string of the molecule is COc1ccc(N2CCN(C(=O)c3c(-c4ccc(C)cc4)nnc4ccccc34)CC2)cc1. The van der Waals surface area contributed by atoms with Crippen molar-refractivity contribution >= 4 is 22.5 Å². The first-order valence-electron chi connectivity index (χ1n) is 11.1. The number of benzene rings is 3. The van der Waals surface area contributed by atoms with Crippen LogP contribution < -0.4 is 9.64 Å². The van der Waals surface area contributed by atoms with Crippen LogP contribution in [0.4, 0.5) is 5.69 Å². The summed E-state index contributed by atoms with van der Waals surface area (Å²) in [5, 5.41) is 9.72. The maximum atomic E-state index is 13.8. The van der Waals surface area contributed by atoms with Gasteiger partial charge in [0, 0.05) is 42.8 Å². The molecule has 166 valence electrons. The summed E-state index contributed by atoms with van der Waals surface area (Å²) in [5.41, 5.74) is 5.19. The average Bonchev–Trinajstić information content (AvgIpc) is 2.88. The van der Waals surface area contributed by atoms with Crippen molar-refractivity contribution in [2.45, 2.75) is 6.92 Å². The number of ether oxygens (including phenoxy) is 1. The number of fused-ring (bicyclic) bond motifs is 1. The Bertz CT molecular complexity index is 1280. The molecule has 0 bridgehead atoms. The predicted molar refractivity (Wildman–Crippen MR) is 131 cm³/mol. The van der Waals surface area contributed by atoms with Gasteiger partial charge in [-0.3, -0.25) is 4.79 Å². The molecule has 0 aliphatic carbocycles. The molecule has 0 radical (unpaired) electrons. The van der Waals surface area contributed by atoms with E-state index in [2.05, 4.69) is 27.2 Å². The van der Waals surface area contributed by atoms with Gasteiger partial charge in [-0.1, -0.05) is 48.0 Å². The Balaban J connectivity index is 1.44. The zero-order valence-electron chi connectivity index (χ0n) is 18.9. The molecule has 0 saturated carbocycles.